The zero-order valence-electron chi connectivity index (χ0n) is 14.4. The normalized spacial score (nSPS) is 13.0. The van der Waals surface area contributed by atoms with E-state index in [4.69, 9.17) is 0 Å². The number of aryl methyl sites for hydroxylation is 1. The van der Waals surface area contributed by atoms with Gasteiger partial charge in [-0.1, -0.05) is 24.3 Å². The van der Waals surface area contributed by atoms with E-state index < -0.39 is 0 Å². The van der Waals surface area contributed by atoms with Crippen LogP contribution in [0.5, 0.6) is 0 Å². The molecule has 0 fully saturated rings. The van der Waals surface area contributed by atoms with E-state index in [1.807, 2.05) is 6.92 Å². The first-order valence-corrected chi connectivity index (χ1v) is 9.12. The lowest BCUT2D eigenvalue weighted by atomic mass is 10.1. The van der Waals surface area contributed by atoms with Crippen LogP contribution in [0.4, 0.5) is 5.13 Å². The van der Waals surface area contributed by atoms with Crippen molar-refractivity contribution in [3.63, 3.8) is 0 Å². The predicted octanol–water partition coefficient (Wildman–Crippen LogP) is 3.50. The molecule has 0 bridgehead atoms. The van der Waals surface area contributed by atoms with Gasteiger partial charge < -0.3 is 0 Å². The molecule has 1 N–H and O–H groups in total. The van der Waals surface area contributed by atoms with Gasteiger partial charge in [0, 0.05) is 16.6 Å². The highest BCUT2D eigenvalue weighted by molar-refractivity contribution is 7.15. The Morgan fingerprint density at radius 2 is 1.78 bits per heavy atom. The van der Waals surface area contributed by atoms with Crippen molar-refractivity contribution in [3.05, 3.63) is 81.9 Å². The molecule has 0 atom stereocenters. The van der Waals surface area contributed by atoms with Crippen LogP contribution >= 0.6 is 11.3 Å². The Hall–Kier alpha value is -3.32. The van der Waals surface area contributed by atoms with Crippen LogP contribution in [0.2, 0.25) is 0 Å². The second-order valence-electron chi connectivity index (χ2n) is 6.17. The van der Waals surface area contributed by atoms with Crippen molar-refractivity contribution >= 4 is 34.2 Å². The summed E-state index contributed by atoms with van der Waals surface area (Å²) >= 11 is 1.39. The zero-order valence-corrected chi connectivity index (χ0v) is 15.2. The molecule has 4 rings (SSSR count). The lowest BCUT2D eigenvalue weighted by Gasteiger charge is -2.14. The molecule has 134 valence electrons. The second-order valence-corrected chi connectivity index (χ2v) is 7.41. The van der Waals surface area contributed by atoms with E-state index in [9.17, 15) is 14.4 Å². The number of imide groups is 1. The quantitative estimate of drug-likeness (QED) is 0.706. The van der Waals surface area contributed by atoms with Gasteiger partial charge in [0.15, 0.2) is 5.13 Å². The van der Waals surface area contributed by atoms with Gasteiger partial charge in [-0.3, -0.25) is 24.6 Å². The fraction of sp³-hybridized carbons (Fsp3) is 0.100. The molecule has 3 amide bonds. The lowest BCUT2D eigenvalue weighted by molar-refractivity contribution is 0.0642. The molecule has 3 aromatic rings. The third-order valence-corrected chi connectivity index (χ3v) is 5.08. The standard InChI is InChI=1S/C20H15N3O3S/c1-12-10-21-20(27-12)22-17(24)14-6-4-5-13(9-14)11-23-18(25)15-7-2-3-8-16(15)19(23)26/h2-10H,11H2,1H3,(H,21,22,24). The largest absolute Gasteiger partial charge is 0.298 e. The van der Waals surface area contributed by atoms with Crippen molar-refractivity contribution in [1.82, 2.24) is 9.88 Å². The van der Waals surface area contributed by atoms with Gasteiger partial charge in [0.1, 0.15) is 0 Å². The van der Waals surface area contributed by atoms with Gasteiger partial charge in [-0.2, -0.15) is 0 Å². The number of nitrogens with zero attached hydrogens (tertiary/aromatic N) is 2. The number of benzene rings is 2. The third kappa shape index (κ3) is 3.24. The van der Waals surface area contributed by atoms with E-state index in [0.29, 0.717) is 27.4 Å². The predicted molar refractivity (Wildman–Crippen MR) is 102 cm³/mol. The number of nitrogens with one attached hydrogen (secondary N) is 1. The van der Waals surface area contributed by atoms with E-state index in [1.54, 1.807) is 54.7 Å². The van der Waals surface area contributed by atoms with Crippen molar-refractivity contribution < 1.29 is 14.4 Å². The minimum atomic E-state index is -0.316. The van der Waals surface area contributed by atoms with Gasteiger partial charge in [-0.25, -0.2) is 4.98 Å². The summed E-state index contributed by atoms with van der Waals surface area (Å²) in [6.45, 7) is 2.03. The number of carbonyl (C=O) groups is 3. The number of rotatable bonds is 4. The molecule has 2 aromatic carbocycles. The van der Waals surface area contributed by atoms with Crippen molar-refractivity contribution in [2.75, 3.05) is 5.32 Å². The SMILES string of the molecule is Cc1cnc(NC(=O)c2cccc(CN3C(=O)c4ccccc4C3=O)c2)s1. The minimum absolute atomic E-state index is 0.115. The van der Waals surface area contributed by atoms with E-state index in [2.05, 4.69) is 10.3 Å². The highest BCUT2D eigenvalue weighted by atomic mass is 32.1. The topological polar surface area (TPSA) is 79.4 Å². The monoisotopic (exact) mass is 377 g/mol. The molecule has 2 heterocycles. The number of hydrogen-bond acceptors (Lipinski definition) is 5. The van der Waals surface area contributed by atoms with Crippen LogP contribution in [0.1, 0.15) is 41.5 Å². The molecule has 0 aliphatic carbocycles. The van der Waals surface area contributed by atoms with Gasteiger partial charge in [-0.05, 0) is 36.8 Å². The fourth-order valence-corrected chi connectivity index (χ4v) is 3.62. The Bertz CT molecular complexity index is 1040. The van der Waals surface area contributed by atoms with Gasteiger partial charge in [0.2, 0.25) is 0 Å². The minimum Gasteiger partial charge on any atom is -0.298 e. The molecule has 0 unspecified atom stereocenters. The number of carbonyl (C=O) groups excluding carboxylic acids is 3. The van der Waals surface area contributed by atoms with Gasteiger partial charge >= 0.3 is 0 Å². The lowest BCUT2D eigenvalue weighted by Crippen LogP contribution is -2.29. The molecule has 1 aliphatic heterocycles. The van der Waals surface area contributed by atoms with Gasteiger partial charge in [0.05, 0.1) is 17.7 Å². The Balaban J connectivity index is 1.53. The molecule has 0 saturated heterocycles. The van der Waals surface area contributed by atoms with Crippen LogP contribution in [0.3, 0.4) is 0 Å². The van der Waals surface area contributed by atoms with E-state index in [0.717, 1.165) is 4.88 Å². The van der Waals surface area contributed by atoms with Crippen LogP contribution in [-0.4, -0.2) is 27.6 Å². The zero-order chi connectivity index (χ0) is 19.0. The average Bonchev–Trinajstić information content (AvgIpc) is 3.19. The Morgan fingerprint density at radius 1 is 1.07 bits per heavy atom. The summed E-state index contributed by atoms with van der Waals surface area (Å²) in [5, 5.41) is 3.28. The van der Waals surface area contributed by atoms with E-state index in [-0.39, 0.29) is 24.3 Å². The average molecular weight is 377 g/mol. The number of anilines is 1. The molecular formula is C20H15N3O3S. The number of hydrogen-bond donors (Lipinski definition) is 1. The van der Waals surface area contributed by atoms with Crippen molar-refractivity contribution in [2.45, 2.75) is 13.5 Å². The maximum atomic E-state index is 12.5. The maximum absolute atomic E-state index is 12.5. The van der Waals surface area contributed by atoms with Crippen LogP contribution in [0.25, 0.3) is 0 Å². The summed E-state index contributed by atoms with van der Waals surface area (Å²) in [4.78, 5) is 43.7. The maximum Gasteiger partial charge on any atom is 0.261 e. The van der Waals surface area contributed by atoms with Crippen molar-refractivity contribution in [2.24, 2.45) is 0 Å². The molecule has 0 spiro atoms. The van der Waals surface area contributed by atoms with Crippen LogP contribution in [-0.2, 0) is 6.54 Å². The number of thiazole rings is 1. The molecule has 7 heteroatoms. The first kappa shape index (κ1) is 17.1. The highest BCUT2D eigenvalue weighted by Crippen LogP contribution is 2.24. The van der Waals surface area contributed by atoms with Crippen LogP contribution < -0.4 is 5.32 Å². The fourth-order valence-electron chi connectivity index (χ4n) is 2.96. The van der Waals surface area contributed by atoms with E-state index >= 15 is 0 Å². The van der Waals surface area contributed by atoms with Crippen molar-refractivity contribution in [1.29, 1.82) is 0 Å². The van der Waals surface area contributed by atoms with Gasteiger partial charge in [0.25, 0.3) is 17.7 Å². The molecule has 1 aromatic heterocycles. The summed E-state index contributed by atoms with van der Waals surface area (Å²) < 4.78 is 0. The summed E-state index contributed by atoms with van der Waals surface area (Å²) in [6.07, 6.45) is 1.69. The summed E-state index contributed by atoms with van der Waals surface area (Å²) in [5.74, 6) is -0.916. The Kier molecular flexibility index (Phi) is 4.29. The first-order chi connectivity index (χ1) is 13.0. The van der Waals surface area contributed by atoms with Gasteiger partial charge in [-0.15, -0.1) is 11.3 Å². The Morgan fingerprint density at radius 3 is 2.41 bits per heavy atom. The molecular weight excluding hydrogens is 362 g/mol. The second kappa shape index (κ2) is 6.77. The van der Waals surface area contributed by atoms with Crippen LogP contribution in [0, 0.1) is 6.92 Å². The summed E-state index contributed by atoms with van der Waals surface area (Å²) in [6, 6.07) is 13.6. The first-order valence-electron chi connectivity index (χ1n) is 8.31. The molecule has 6 nitrogen and oxygen atoms in total. The molecule has 0 saturated carbocycles. The highest BCUT2D eigenvalue weighted by Gasteiger charge is 2.34. The third-order valence-electron chi connectivity index (χ3n) is 4.25. The number of fused-ring (bicyclic) bond motifs is 1. The van der Waals surface area contributed by atoms with Crippen molar-refractivity contribution in [3.8, 4) is 0 Å². The van der Waals surface area contributed by atoms with Crippen LogP contribution in [0.15, 0.2) is 54.7 Å². The number of aromatic nitrogens is 1. The number of amides is 3. The van der Waals surface area contributed by atoms with E-state index in [1.165, 1.54) is 16.2 Å². The molecule has 27 heavy (non-hydrogen) atoms. The smallest absolute Gasteiger partial charge is 0.261 e. The molecule has 1 aliphatic rings. The molecule has 0 radical (unpaired) electrons. The summed E-state index contributed by atoms with van der Waals surface area (Å²) in [5.41, 5.74) is 1.97. The summed E-state index contributed by atoms with van der Waals surface area (Å²) in [7, 11) is 0. The Labute approximate surface area is 159 Å².